The van der Waals surface area contributed by atoms with Gasteiger partial charge < -0.3 is 9.42 Å². The Morgan fingerprint density at radius 3 is 2.80 bits per heavy atom. The van der Waals surface area contributed by atoms with Crippen molar-refractivity contribution in [2.45, 2.75) is 19.3 Å². The van der Waals surface area contributed by atoms with E-state index >= 15 is 0 Å². The molecule has 0 aliphatic carbocycles. The molecular weight excluding hydrogens is 338 g/mol. The predicted molar refractivity (Wildman–Crippen MR) is 95.6 cm³/mol. The van der Waals surface area contributed by atoms with Crippen molar-refractivity contribution in [3.8, 4) is 11.4 Å². The van der Waals surface area contributed by atoms with E-state index in [-0.39, 0.29) is 11.8 Å². The molecule has 1 aliphatic rings. The molecule has 3 aromatic rings. The van der Waals surface area contributed by atoms with E-state index in [0.29, 0.717) is 29.7 Å². The molecule has 5 nitrogen and oxygen atoms in total. The van der Waals surface area contributed by atoms with Gasteiger partial charge in [-0.1, -0.05) is 53.2 Å². The van der Waals surface area contributed by atoms with Crippen LogP contribution in [0.15, 0.2) is 53.1 Å². The van der Waals surface area contributed by atoms with Crippen LogP contribution in [0.4, 0.5) is 5.69 Å². The average Bonchev–Trinajstić information content (AvgIpc) is 3.25. The molecule has 0 saturated carbocycles. The van der Waals surface area contributed by atoms with Gasteiger partial charge in [0.1, 0.15) is 0 Å². The van der Waals surface area contributed by atoms with E-state index in [2.05, 4.69) is 10.1 Å². The van der Waals surface area contributed by atoms with Crippen LogP contribution in [-0.4, -0.2) is 22.6 Å². The van der Waals surface area contributed by atoms with Crippen molar-refractivity contribution >= 4 is 23.2 Å². The molecule has 1 unspecified atom stereocenters. The topological polar surface area (TPSA) is 59.2 Å². The summed E-state index contributed by atoms with van der Waals surface area (Å²) in [4.78, 5) is 18.7. The molecule has 2 aromatic carbocycles. The first-order valence-corrected chi connectivity index (χ1v) is 8.45. The van der Waals surface area contributed by atoms with Crippen molar-refractivity contribution in [3.63, 3.8) is 0 Å². The van der Waals surface area contributed by atoms with Crippen molar-refractivity contribution in [1.29, 1.82) is 0 Å². The number of aryl methyl sites for hydroxylation is 1. The van der Waals surface area contributed by atoms with Crippen LogP contribution in [0.3, 0.4) is 0 Å². The molecule has 1 atom stereocenters. The van der Waals surface area contributed by atoms with Crippen LogP contribution in [0, 0.1) is 6.92 Å². The number of hydrogen-bond donors (Lipinski definition) is 0. The van der Waals surface area contributed by atoms with Crippen molar-refractivity contribution < 1.29 is 9.32 Å². The molecule has 2 heterocycles. The van der Waals surface area contributed by atoms with Crippen LogP contribution in [0.1, 0.15) is 23.8 Å². The number of halogens is 1. The Kier molecular flexibility index (Phi) is 4.01. The number of hydrogen-bond acceptors (Lipinski definition) is 4. The molecule has 0 N–H and O–H groups in total. The Bertz CT molecular complexity index is 923. The molecule has 1 aliphatic heterocycles. The largest absolute Gasteiger partial charge is 0.339 e. The van der Waals surface area contributed by atoms with Crippen molar-refractivity contribution in [3.05, 3.63) is 65.0 Å². The molecule has 1 fully saturated rings. The molecule has 0 bridgehead atoms. The van der Waals surface area contributed by atoms with Crippen LogP contribution in [0.5, 0.6) is 0 Å². The summed E-state index contributed by atoms with van der Waals surface area (Å²) in [5, 5.41) is 4.66. The second kappa shape index (κ2) is 6.33. The number of nitrogens with zero attached hydrogens (tertiary/aromatic N) is 3. The van der Waals surface area contributed by atoms with E-state index in [1.165, 1.54) is 0 Å². The van der Waals surface area contributed by atoms with Crippen LogP contribution < -0.4 is 4.90 Å². The maximum Gasteiger partial charge on any atom is 0.232 e. The SMILES string of the molecule is Cc1ccc(Cl)cc1N1CC(c2nc(-c3ccccc3)no2)CC1=O. The summed E-state index contributed by atoms with van der Waals surface area (Å²) in [6, 6.07) is 15.2. The van der Waals surface area contributed by atoms with Gasteiger partial charge >= 0.3 is 0 Å². The smallest absolute Gasteiger partial charge is 0.232 e. The van der Waals surface area contributed by atoms with Crippen LogP contribution in [0.25, 0.3) is 11.4 Å². The van der Waals surface area contributed by atoms with Crippen LogP contribution in [-0.2, 0) is 4.79 Å². The number of anilines is 1. The lowest BCUT2D eigenvalue weighted by atomic mass is 10.1. The van der Waals surface area contributed by atoms with Gasteiger partial charge in [0.2, 0.25) is 17.6 Å². The quantitative estimate of drug-likeness (QED) is 0.707. The number of aromatic nitrogens is 2. The lowest BCUT2D eigenvalue weighted by Crippen LogP contribution is -2.25. The minimum Gasteiger partial charge on any atom is -0.339 e. The van der Waals surface area contributed by atoms with E-state index in [1.54, 1.807) is 4.90 Å². The first-order valence-electron chi connectivity index (χ1n) is 8.07. The van der Waals surface area contributed by atoms with Gasteiger partial charge in [-0.3, -0.25) is 4.79 Å². The third kappa shape index (κ3) is 3.03. The highest BCUT2D eigenvalue weighted by atomic mass is 35.5. The average molecular weight is 354 g/mol. The summed E-state index contributed by atoms with van der Waals surface area (Å²) in [5.41, 5.74) is 2.74. The summed E-state index contributed by atoms with van der Waals surface area (Å²) in [5.74, 6) is 0.959. The van der Waals surface area contributed by atoms with E-state index in [1.807, 2.05) is 55.5 Å². The lowest BCUT2D eigenvalue weighted by molar-refractivity contribution is -0.117. The maximum atomic E-state index is 12.5. The van der Waals surface area contributed by atoms with Gasteiger partial charge in [0.25, 0.3) is 0 Å². The van der Waals surface area contributed by atoms with Gasteiger partial charge in [-0.2, -0.15) is 4.98 Å². The van der Waals surface area contributed by atoms with Crippen LogP contribution >= 0.6 is 11.6 Å². The fraction of sp³-hybridized carbons (Fsp3) is 0.211. The molecular formula is C19H16ClN3O2. The monoisotopic (exact) mass is 353 g/mol. The first-order chi connectivity index (χ1) is 12.1. The molecule has 6 heteroatoms. The zero-order chi connectivity index (χ0) is 17.4. The minimum absolute atomic E-state index is 0.0369. The fourth-order valence-corrected chi connectivity index (χ4v) is 3.25. The number of benzene rings is 2. The second-order valence-electron chi connectivity index (χ2n) is 6.16. The van der Waals surface area contributed by atoms with E-state index in [4.69, 9.17) is 16.1 Å². The number of amides is 1. The summed E-state index contributed by atoms with van der Waals surface area (Å²) in [7, 11) is 0. The minimum atomic E-state index is -0.115. The summed E-state index contributed by atoms with van der Waals surface area (Å²) in [6.45, 7) is 2.48. The standard InChI is InChI=1S/C19H16ClN3O2/c1-12-7-8-15(20)10-16(12)23-11-14(9-17(23)24)19-21-18(22-25-19)13-5-3-2-4-6-13/h2-8,10,14H,9,11H2,1H3. The summed E-state index contributed by atoms with van der Waals surface area (Å²) < 4.78 is 5.42. The third-order valence-corrected chi connectivity index (χ3v) is 4.65. The number of rotatable bonds is 3. The number of carbonyl (C=O) groups is 1. The normalized spacial score (nSPS) is 17.3. The van der Waals surface area contributed by atoms with E-state index in [0.717, 1.165) is 16.8 Å². The van der Waals surface area contributed by atoms with Gasteiger partial charge in [-0.15, -0.1) is 0 Å². The fourth-order valence-electron chi connectivity index (χ4n) is 3.08. The van der Waals surface area contributed by atoms with Gasteiger partial charge in [-0.05, 0) is 24.6 Å². The zero-order valence-electron chi connectivity index (χ0n) is 13.6. The summed E-state index contributed by atoms with van der Waals surface area (Å²) in [6.07, 6.45) is 0.350. The summed E-state index contributed by atoms with van der Waals surface area (Å²) >= 11 is 6.09. The zero-order valence-corrected chi connectivity index (χ0v) is 14.4. The molecule has 0 spiro atoms. The van der Waals surface area contributed by atoms with Crippen molar-refractivity contribution in [2.75, 3.05) is 11.4 Å². The molecule has 1 saturated heterocycles. The van der Waals surface area contributed by atoms with Gasteiger partial charge in [0.15, 0.2) is 0 Å². The number of carbonyl (C=O) groups excluding carboxylic acids is 1. The Balaban J connectivity index is 1.59. The molecule has 0 radical (unpaired) electrons. The highest BCUT2D eigenvalue weighted by Crippen LogP contribution is 2.34. The van der Waals surface area contributed by atoms with Crippen LogP contribution in [0.2, 0.25) is 5.02 Å². The maximum absolute atomic E-state index is 12.5. The lowest BCUT2D eigenvalue weighted by Gasteiger charge is -2.18. The van der Waals surface area contributed by atoms with Gasteiger partial charge in [0, 0.05) is 29.2 Å². The predicted octanol–water partition coefficient (Wildman–Crippen LogP) is 4.22. The molecule has 4 rings (SSSR count). The van der Waals surface area contributed by atoms with E-state index < -0.39 is 0 Å². The Morgan fingerprint density at radius 1 is 1.20 bits per heavy atom. The Morgan fingerprint density at radius 2 is 2.00 bits per heavy atom. The van der Waals surface area contributed by atoms with Gasteiger partial charge in [0.05, 0.1) is 5.92 Å². The molecule has 1 aromatic heterocycles. The third-order valence-electron chi connectivity index (χ3n) is 4.41. The highest BCUT2D eigenvalue weighted by Gasteiger charge is 2.35. The van der Waals surface area contributed by atoms with E-state index in [9.17, 15) is 4.79 Å². The van der Waals surface area contributed by atoms with Gasteiger partial charge in [-0.25, -0.2) is 0 Å². The van der Waals surface area contributed by atoms with Crippen molar-refractivity contribution in [1.82, 2.24) is 10.1 Å². The Labute approximate surface area is 150 Å². The first kappa shape index (κ1) is 15.8. The Hall–Kier alpha value is -2.66. The second-order valence-corrected chi connectivity index (χ2v) is 6.59. The molecule has 126 valence electrons. The van der Waals surface area contributed by atoms with Crippen molar-refractivity contribution in [2.24, 2.45) is 0 Å². The molecule has 1 amide bonds. The molecule has 25 heavy (non-hydrogen) atoms. The highest BCUT2D eigenvalue weighted by molar-refractivity contribution is 6.31.